The monoisotopic (exact) mass is 294 g/mol. The molecule has 1 aliphatic carbocycles. The summed E-state index contributed by atoms with van der Waals surface area (Å²) in [5.74, 6) is 2.56. The van der Waals surface area contributed by atoms with E-state index in [-0.39, 0.29) is 0 Å². The van der Waals surface area contributed by atoms with Crippen molar-refractivity contribution in [1.82, 2.24) is 10.2 Å². The largest absolute Gasteiger partial charge is 0.311 e. The summed E-state index contributed by atoms with van der Waals surface area (Å²) in [6.45, 7) is 19.2. The van der Waals surface area contributed by atoms with Gasteiger partial charge in [-0.15, -0.1) is 0 Å². The van der Waals surface area contributed by atoms with Crippen molar-refractivity contribution >= 4 is 0 Å². The van der Waals surface area contributed by atoms with E-state index in [1.807, 2.05) is 0 Å². The van der Waals surface area contributed by atoms with Crippen molar-refractivity contribution < 1.29 is 0 Å². The zero-order valence-electron chi connectivity index (χ0n) is 15.4. The first-order valence-electron chi connectivity index (χ1n) is 9.24. The fourth-order valence-corrected chi connectivity index (χ4v) is 4.64. The Bertz CT molecular complexity index is 331. The molecular formula is C19H38N2. The molecule has 2 heteroatoms. The zero-order chi connectivity index (χ0) is 15.8. The lowest BCUT2D eigenvalue weighted by Gasteiger charge is -2.50. The third-order valence-corrected chi connectivity index (χ3v) is 6.34. The molecule has 1 aliphatic heterocycles. The van der Waals surface area contributed by atoms with Crippen molar-refractivity contribution in [2.24, 2.45) is 23.2 Å². The molecule has 0 radical (unpaired) electrons. The van der Waals surface area contributed by atoms with Crippen LogP contribution in [0.1, 0.15) is 67.7 Å². The van der Waals surface area contributed by atoms with Crippen molar-refractivity contribution in [2.75, 3.05) is 13.1 Å². The molecule has 124 valence electrons. The van der Waals surface area contributed by atoms with Gasteiger partial charge in [0.2, 0.25) is 0 Å². The fraction of sp³-hybridized carbons (Fsp3) is 1.00. The molecule has 5 atom stereocenters. The zero-order valence-corrected chi connectivity index (χ0v) is 15.4. The van der Waals surface area contributed by atoms with E-state index in [2.05, 4.69) is 58.7 Å². The van der Waals surface area contributed by atoms with Crippen molar-refractivity contribution in [3.63, 3.8) is 0 Å². The van der Waals surface area contributed by atoms with Gasteiger partial charge in [0.05, 0.1) is 0 Å². The van der Waals surface area contributed by atoms with Crippen LogP contribution in [-0.2, 0) is 0 Å². The van der Waals surface area contributed by atoms with Crippen molar-refractivity contribution in [2.45, 2.75) is 85.9 Å². The summed E-state index contributed by atoms with van der Waals surface area (Å²) in [7, 11) is 0. The van der Waals surface area contributed by atoms with Crippen LogP contribution >= 0.6 is 0 Å². The average molecular weight is 295 g/mol. The first kappa shape index (κ1) is 17.3. The molecule has 5 unspecified atom stereocenters. The van der Waals surface area contributed by atoms with Crippen LogP contribution in [0.3, 0.4) is 0 Å². The number of nitrogens with zero attached hydrogens (tertiary/aromatic N) is 1. The van der Waals surface area contributed by atoms with Gasteiger partial charge < -0.3 is 5.32 Å². The highest BCUT2D eigenvalue weighted by Crippen LogP contribution is 2.40. The van der Waals surface area contributed by atoms with Crippen LogP contribution < -0.4 is 5.32 Å². The molecule has 2 nitrogen and oxygen atoms in total. The number of hydrogen-bond donors (Lipinski definition) is 1. The van der Waals surface area contributed by atoms with Crippen molar-refractivity contribution in [3.05, 3.63) is 0 Å². The summed E-state index contributed by atoms with van der Waals surface area (Å²) < 4.78 is 0. The van der Waals surface area contributed by atoms with E-state index in [1.165, 1.54) is 32.4 Å². The van der Waals surface area contributed by atoms with E-state index < -0.39 is 0 Å². The maximum absolute atomic E-state index is 3.84. The Hall–Kier alpha value is -0.0800. The highest BCUT2D eigenvalue weighted by atomic mass is 15.3. The Morgan fingerprint density at radius 2 is 1.86 bits per heavy atom. The van der Waals surface area contributed by atoms with E-state index in [0.717, 1.165) is 23.8 Å². The Balaban J connectivity index is 2.15. The lowest BCUT2D eigenvalue weighted by molar-refractivity contribution is 0.0148. The molecule has 0 spiro atoms. The number of hydrogen-bond acceptors (Lipinski definition) is 2. The summed E-state index contributed by atoms with van der Waals surface area (Å²) in [5.41, 5.74) is 0.353. The van der Waals surface area contributed by atoms with Gasteiger partial charge in [-0.05, 0) is 36.0 Å². The third kappa shape index (κ3) is 3.64. The van der Waals surface area contributed by atoms with Gasteiger partial charge in [-0.25, -0.2) is 0 Å². The van der Waals surface area contributed by atoms with Crippen LogP contribution in [0.4, 0.5) is 0 Å². The van der Waals surface area contributed by atoms with Gasteiger partial charge in [0.25, 0.3) is 0 Å². The first-order chi connectivity index (χ1) is 9.75. The molecule has 0 amide bonds. The van der Waals surface area contributed by atoms with Gasteiger partial charge in [0, 0.05) is 31.2 Å². The van der Waals surface area contributed by atoms with Crippen molar-refractivity contribution in [1.29, 1.82) is 0 Å². The predicted octanol–water partition coefficient (Wildman–Crippen LogP) is 4.16. The van der Waals surface area contributed by atoms with Gasteiger partial charge in [-0.3, -0.25) is 4.90 Å². The fourth-order valence-electron chi connectivity index (χ4n) is 4.64. The summed E-state index contributed by atoms with van der Waals surface area (Å²) in [6.07, 6.45) is 4.22. The lowest BCUT2D eigenvalue weighted by atomic mass is 9.82. The second-order valence-corrected chi connectivity index (χ2v) is 9.01. The van der Waals surface area contributed by atoms with Crippen LogP contribution in [0.2, 0.25) is 0 Å². The molecule has 21 heavy (non-hydrogen) atoms. The summed E-state index contributed by atoms with van der Waals surface area (Å²) in [5, 5.41) is 3.84. The molecule has 1 saturated heterocycles. The maximum atomic E-state index is 3.84. The van der Waals surface area contributed by atoms with E-state index >= 15 is 0 Å². The van der Waals surface area contributed by atoms with Crippen LogP contribution in [0.5, 0.6) is 0 Å². The van der Waals surface area contributed by atoms with Gasteiger partial charge >= 0.3 is 0 Å². The minimum absolute atomic E-state index is 0.353. The quantitative estimate of drug-likeness (QED) is 0.841. The molecule has 0 bridgehead atoms. The molecule has 2 aliphatic rings. The first-order valence-corrected chi connectivity index (χ1v) is 9.24. The van der Waals surface area contributed by atoms with Gasteiger partial charge in [-0.2, -0.15) is 0 Å². The Kier molecular flexibility index (Phi) is 5.41. The Morgan fingerprint density at radius 3 is 2.33 bits per heavy atom. The molecule has 2 rings (SSSR count). The minimum atomic E-state index is 0.353. The van der Waals surface area contributed by atoms with E-state index in [9.17, 15) is 0 Å². The smallest absolute Gasteiger partial charge is 0.0247 e. The van der Waals surface area contributed by atoms with Crippen LogP contribution in [0, 0.1) is 23.2 Å². The Labute approximate surface area is 133 Å². The standard InChI is InChI=1S/C19H38N2/c1-8-15-9-10-16(14(15)4)21-12-18(19(5,6)7)20-11-17(21)13(2)3/h13-18,20H,8-12H2,1-7H3. The second kappa shape index (κ2) is 6.58. The van der Waals surface area contributed by atoms with Crippen LogP contribution in [-0.4, -0.2) is 36.1 Å². The maximum Gasteiger partial charge on any atom is 0.0247 e. The van der Waals surface area contributed by atoms with Crippen LogP contribution in [0.15, 0.2) is 0 Å². The number of nitrogens with one attached hydrogen (secondary N) is 1. The lowest BCUT2D eigenvalue weighted by Crippen LogP contribution is -2.64. The second-order valence-electron chi connectivity index (χ2n) is 9.01. The molecule has 0 aromatic carbocycles. The average Bonchev–Trinajstić information content (AvgIpc) is 2.77. The topological polar surface area (TPSA) is 15.3 Å². The highest BCUT2D eigenvalue weighted by molar-refractivity contribution is 4.99. The van der Waals surface area contributed by atoms with Crippen LogP contribution in [0.25, 0.3) is 0 Å². The number of piperazine rings is 1. The van der Waals surface area contributed by atoms with E-state index in [4.69, 9.17) is 0 Å². The molecule has 1 saturated carbocycles. The Morgan fingerprint density at radius 1 is 1.19 bits per heavy atom. The number of rotatable bonds is 3. The SMILES string of the molecule is CCC1CCC(N2CC(C(C)(C)C)NCC2C(C)C)C1C. The van der Waals surface area contributed by atoms with Gasteiger partial charge in [-0.1, -0.05) is 54.9 Å². The summed E-state index contributed by atoms with van der Waals surface area (Å²) in [6, 6.07) is 2.15. The predicted molar refractivity (Wildman–Crippen MR) is 92.5 cm³/mol. The van der Waals surface area contributed by atoms with E-state index in [0.29, 0.717) is 17.5 Å². The van der Waals surface area contributed by atoms with E-state index in [1.54, 1.807) is 0 Å². The summed E-state index contributed by atoms with van der Waals surface area (Å²) in [4.78, 5) is 2.90. The molecule has 0 aromatic rings. The van der Waals surface area contributed by atoms with Gasteiger partial charge in [0.15, 0.2) is 0 Å². The third-order valence-electron chi connectivity index (χ3n) is 6.34. The molecule has 0 aromatic heterocycles. The van der Waals surface area contributed by atoms with Gasteiger partial charge in [0.1, 0.15) is 0 Å². The molecule has 1 N–H and O–H groups in total. The molecule has 1 heterocycles. The summed E-state index contributed by atoms with van der Waals surface area (Å²) >= 11 is 0. The normalized spacial score (nSPS) is 39.1. The molecular weight excluding hydrogens is 256 g/mol. The molecule has 2 fully saturated rings. The minimum Gasteiger partial charge on any atom is -0.311 e. The highest BCUT2D eigenvalue weighted by Gasteiger charge is 2.43. The van der Waals surface area contributed by atoms with Crippen molar-refractivity contribution in [3.8, 4) is 0 Å².